The molecule has 0 radical (unpaired) electrons. The third-order valence-electron chi connectivity index (χ3n) is 4.16. The summed E-state index contributed by atoms with van der Waals surface area (Å²) in [5.74, 6) is -0.738. The number of urea groups is 1. The van der Waals surface area contributed by atoms with E-state index in [4.69, 9.17) is 5.11 Å². The van der Waals surface area contributed by atoms with Crippen LogP contribution >= 0.6 is 0 Å². The van der Waals surface area contributed by atoms with Crippen molar-refractivity contribution in [3.63, 3.8) is 0 Å². The van der Waals surface area contributed by atoms with Gasteiger partial charge in [0.15, 0.2) is 0 Å². The number of carboxylic acids is 1. The van der Waals surface area contributed by atoms with E-state index in [2.05, 4.69) is 19.2 Å². The molecule has 0 aromatic heterocycles. The van der Waals surface area contributed by atoms with Gasteiger partial charge in [-0.15, -0.1) is 0 Å². The van der Waals surface area contributed by atoms with Crippen LogP contribution in [0.15, 0.2) is 0 Å². The number of piperidine rings is 1. The molecular weight excluding hydrogens is 244 g/mol. The average molecular weight is 270 g/mol. The Labute approximate surface area is 115 Å². The van der Waals surface area contributed by atoms with Crippen LogP contribution < -0.4 is 5.32 Å². The van der Waals surface area contributed by atoms with Crippen molar-refractivity contribution >= 4 is 12.0 Å². The molecule has 0 saturated carbocycles. The summed E-state index contributed by atoms with van der Waals surface area (Å²) in [5, 5.41) is 12.0. The van der Waals surface area contributed by atoms with Gasteiger partial charge in [0.25, 0.3) is 0 Å². The summed E-state index contributed by atoms with van der Waals surface area (Å²) in [6.07, 6.45) is 3.51. The molecule has 0 spiro atoms. The Hall–Kier alpha value is -1.26. The van der Waals surface area contributed by atoms with E-state index in [1.807, 2.05) is 6.92 Å². The standard InChI is InChI=1S/C14H26N2O3/c1-4-11(5-2)10(3)15-14(19)16-8-6-7-12(9-16)13(17)18/h10-12H,4-9H2,1-3H3,(H,15,19)(H,17,18)/t10?,12-/m1/s1. The van der Waals surface area contributed by atoms with Gasteiger partial charge in [0.2, 0.25) is 0 Å². The molecule has 2 N–H and O–H groups in total. The molecule has 110 valence electrons. The van der Waals surface area contributed by atoms with Crippen LogP contribution in [-0.4, -0.2) is 41.1 Å². The second kappa shape index (κ2) is 7.36. The van der Waals surface area contributed by atoms with Crippen LogP contribution in [0, 0.1) is 11.8 Å². The van der Waals surface area contributed by atoms with Crippen LogP contribution in [0.1, 0.15) is 46.5 Å². The zero-order valence-electron chi connectivity index (χ0n) is 12.2. The Kier molecular flexibility index (Phi) is 6.12. The number of carbonyl (C=O) groups is 2. The Balaban J connectivity index is 2.50. The summed E-state index contributed by atoms with van der Waals surface area (Å²) in [7, 11) is 0. The fourth-order valence-electron chi connectivity index (χ4n) is 2.76. The summed E-state index contributed by atoms with van der Waals surface area (Å²) in [6.45, 7) is 7.26. The van der Waals surface area contributed by atoms with Crippen LogP contribution in [0.2, 0.25) is 0 Å². The first kappa shape index (κ1) is 15.8. The smallest absolute Gasteiger partial charge is 0.317 e. The first-order chi connectivity index (χ1) is 8.99. The number of carboxylic acid groups (broad SMARTS) is 1. The van der Waals surface area contributed by atoms with E-state index in [-0.39, 0.29) is 12.1 Å². The maximum absolute atomic E-state index is 12.1. The molecule has 5 heteroatoms. The van der Waals surface area contributed by atoms with Gasteiger partial charge in [-0.2, -0.15) is 0 Å². The van der Waals surface area contributed by atoms with Gasteiger partial charge in [0.05, 0.1) is 5.92 Å². The predicted octanol–water partition coefficient (Wildman–Crippen LogP) is 2.32. The fraction of sp³-hybridized carbons (Fsp3) is 0.857. The SMILES string of the molecule is CCC(CC)C(C)NC(=O)N1CCC[C@@H](C(=O)O)C1. The monoisotopic (exact) mass is 270 g/mol. The van der Waals surface area contributed by atoms with Crippen molar-refractivity contribution < 1.29 is 14.7 Å². The minimum Gasteiger partial charge on any atom is -0.481 e. The molecule has 1 rings (SSSR count). The van der Waals surface area contributed by atoms with Crippen LogP contribution in [0.25, 0.3) is 0 Å². The molecule has 0 aromatic carbocycles. The number of aliphatic carboxylic acids is 1. The van der Waals surface area contributed by atoms with Gasteiger partial charge in [-0.25, -0.2) is 4.79 Å². The van der Waals surface area contributed by atoms with Gasteiger partial charge in [-0.1, -0.05) is 26.7 Å². The molecule has 2 amide bonds. The second-order valence-corrected chi connectivity index (χ2v) is 5.44. The molecule has 1 saturated heterocycles. The van der Waals surface area contributed by atoms with Gasteiger partial charge in [-0.3, -0.25) is 4.79 Å². The fourth-order valence-corrected chi connectivity index (χ4v) is 2.76. The molecule has 1 aliphatic rings. The Morgan fingerprint density at radius 1 is 1.37 bits per heavy atom. The highest BCUT2D eigenvalue weighted by Crippen LogP contribution is 2.18. The van der Waals surface area contributed by atoms with E-state index in [1.54, 1.807) is 4.90 Å². The first-order valence-corrected chi connectivity index (χ1v) is 7.27. The second-order valence-electron chi connectivity index (χ2n) is 5.44. The molecule has 0 aliphatic carbocycles. The maximum atomic E-state index is 12.1. The van der Waals surface area contributed by atoms with Crippen LogP contribution in [0.3, 0.4) is 0 Å². The highest BCUT2D eigenvalue weighted by molar-refractivity contribution is 5.76. The van der Waals surface area contributed by atoms with Gasteiger partial charge in [-0.05, 0) is 25.7 Å². The highest BCUT2D eigenvalue weighted by atomic mass is 16.4. The number of nitrogens with one attached hydrogen (secondary N) is 1. The number of carbonyl (C=O) groups excluding carboxylic acids is 1. The summed E-state index contributed by atoms with van der Waals surface area (Å²) in [4.78, 5) is 24.8. The number of amides is 2. The molecule has 1 heterocycles. The van der Waals surface area contributed by atoms with Crippen molar-refractivity contribution in [3.8, 4) is 0 Å². The topological polar surface area (TPSA) is 69.6 Å². The highest BCUT2D eigenvalue weighted by Gasteiger charge is 2.29. The number of likely N-dealkylation sites (tertiary alicyclic amines) is 1. The van der Waals surface area contributed by atoms with Gasteiger partial charge < -0.3 is 15.3 Å². The Morgan fingerprint density at radius 2 is 2.00 bits per heavy atom. The van der Waals surface area contributed by atoms with E-state index >= 15 is 0 Å². The van der Waals surface area contributed by atoms with Crippen molar-refractivity contribution in [2.24, 2.45) is 11.8 Å². The molecular formula is C14H26N2O3. The first-order valence-electron chi connectivity index (χ1n) is 7.27. The lowest BCUT2D eigenvalue weighted by atomic mass is 9.95. The van der Waals surface area contributed by atoms with E-state index in [0.29, 0.717) is 25.4 Å². The van der Waals surface area contributed by atoms with Crippen LogP contribution in [0.5, 0.6) is 0 Å². The van der Waals surface area contributed by atoms with Gasteiger partial charge in [0.1, 0.15) is 0 Å². The number of nitrogens with zero attached hydrogens (tertiary/aromatic N) is 1. The summed E-state index contributed by atoms with van der Waals surface area (Å²) in [6, 6.07) is 0.0121. The largest absolute Gasteiger partial charge is 0.481 e. The average Bonchev–Trinajstić information content (AvgIpc) is 2.40. The quantitative estimate of drug-likeness (QED) is 0.805. The summed E-state index contributed by atoms with van der Waals surface area (Å²) < 4.78 is 0. The molecule has 1 aliphatic heterocycles. The number of rotatable bonds is 5. The summed E-state index contributed by atoms with van der Waals surface area (Å²) >= 11 is 0. The van der Waals surface area contributed by atoms with Crippen LogP contribution in [-0.2, 0) is 4.79 Å². The Bertz CT molecular complexity index is 316. The maximum Gasteiger partial charge on any atom is 0.317 e. The lowest BCUT2D eigenvalue weighted by molar-refractivity contribution is -0.143. The lowest BCUT2D eigenvalue weighted by Gasteiger charge is -2.33. The Morgan fingerprint density at radius 3 is 2.53 bits per heavy atom. The van der Waals surface area contributed by atoms with E-state index in [9.17, 15) is 9.59 Å². The summed E-state index contributed by atoms with van der Waals surface area (Å²) in [5.41, 5.74) is 0. The van der Waals surface area contributed by atoms with Gasteiger partial charge >= 0.3 is 12.0 Å². The van der Waals surface area contributed by atoms with Crippen molar-refractivity contribution in [2.75, 3.05) is 13.1 Å². The third-order valence-corrected chi connectivity index (χ3v) is 4.16. The molecule has 2 atom stereocenters. The molecule has 5 nitrogen and oxygen atoms in total. The zero-order chi connectivity index (χ0) is 14.4. The third kappa shape index (κ3) is 4.40. The number of hydrogen-bond donors (Lipinski definition) is 2. The lowest BCUT2D eigenvalue weighted by Crippen LogP contribution is -2.50. The van der Waals surface area contributed by atoms with Crippen molar-refractivity contribution in [1.82, 2.24) is 10.2 Å². The van der Waals surface area contributed by atoms with Crippen molar-refractivity contribution in [2.45, 2.75) is 52.5 Å². The van der Waals surface area contributed by atoms with E-state index in [1.165, 1.54) is 0 Å². The molecule has 19 heavy (non-hydrogen) atoms. The minimum atomic E-state index is -0.800. The minimum absolute atomic E-state index is 0.120. The van der Waals surface area contributed by atoms with E-state index in [0.717, 1.165) is 19.3 Å². The molecule has 0 bridgehead atoms. The van der Waals surface area contributed by atoms with Crippen molar-refractivity contribution in [3.05, 3.63) is 0 Å². The molecule has 0 aromatic rings. The molecule has 1 fully saturated rings. The molecule has 1 unspecified atom stereocenters. The van der Waals surface area contributed by atoms with Gasteiger partial charge in [0, 0.05) is 19.1 Å². The zero-order valence-corrected chi connectivity index (χ0v) is 12.2. The van der Waals surface area contributed by atoms with Crippen LogP contribution in [0.4, 0.5) is 4.79 Å². The van der Waals surface area contributed by atoms with Crippen molar-refractivity contribution in [1.29, 1.82) is 0 Å². The number of hydrogen-bond acceptors (Lipinski definition) is 2. The van der Waals surface area contributed by atoms with E-state index < -0.39 is 11.9 Å². The predicted molar refractivity (Wildman–Crippen MR) is 74.0 cm³/mol. The normalized spacial score (nSPS) is 21.3.